The van der Waals surface area contributed by atoms with Gasteiger partial charge in [0.25, 0.3) is 0 Å². The number of nitrogens with zero attached hydrogens (tertiary/aromatic N) is 3. The highest BCUT2D eigenvalue weighted by Gasteiger charge is 2.21. The zero-order chi connectivity index (χ0) is 14.8. The molecule has 0 fully saturated rings. The first-order valence-electron chi connectivity index (χ1n) is 5.44. The van der Waals surface area contributed by atoms with Crippen LogP contribution in [0, 0.1) is 0 Å². The Kier molecular flexibility index (Phi) is 6.13. The lowest BCUT2D eigenvalue weighted by Gasteiger charge is -2.14. The van der Waals surface area contributed by atoms with Crippen molar-refractivity contribution >= 4 is 7.75 Å². The van der Waals surface area contributed by atoms with Crippen molar-refractivity contribution in [2.24, 2.45) is 5.50 Å². The van der Waals surface area contributed by atoms with E-state index in [2.05, 4.69) is 0 Å². The summed E-state index contributed by atoms with van der Waals surface area (Å²) in [6.07, 6.45) is 0. The highest BCUT2D eigenvalue weighted by molar-refractivity contribution is 7.52. The second-order valence-corrected chi connectivity index (χ2v) is 4.88. The molecule has 0 spiro atoms. The van der Waals surface area contributed by atoms with Gasteiger partial charge in [-0.1, -0.05) is 36.4 Å². The van der Waals surface area contributed by atoms with Gasteiger partial charge in [0.15, 0.2) is 0 Å². The maximum atomic E-state index is 11.9. The van der Waals surface area contributed by atoms with Gasteiger partial charge in [-0.05, 0) is 24.3 Å². The van der Waals surface area contributed by atoms with Crippen molar-refractivity contribution in [2.45, 2.75) is 0 Å². The van der Waals surface area contributed by atoms with E-state index in [-0.39, 0.29) is 0 Å². The average molecular weight is 291 g/mol. The van der Waals surface area contributed by atoms with Crippen LogP contribution in [0.2, 0.25) is 0 Å². The zero-order valence-electron chi connectivity index (χ0n) is 10.4. The average Bonchev–Trinajstić information content (AvgIpc) is 2.40. The third-order valence-electron chi connectivity index (χ3n) is 1.95. The molecular weight excluding hydrogens is 279 g/mol. The van der Waals surface area contributed by atoms with Gasteiger partial charge in [0.05, 0.1) is 0 Å². The smallest absolute Gasteiger partial charge is 0.405 e. The quantitative estimate of drug-likeness (QED) is 0.395. The second-order valence-electron chi connectivity index (χ2n) is 3.44. The molecule has 0 aliphatic carbocycles. The molecule has 2 aromatic carbocycles. The fourth-order valence-corrected chi connectivity index (χ4v) is 2.14. The van der Waals surface area contributed by atoms with E-state index in [1.807, 2.05) is 12.1 Å². The fraction of sp³-hybridized carbons (Fsp3) is 0. The molecule has 0 amide bonds. The number of rotatable bonds is 4. The molecule has 0 heterocycles. The maximum absolute atomic E-state index is 11.9. The van der Waals surface area contributed by atoms with Crippen molar-refractivity contribution in [1.82, 2.24) is 0 Å². The van der Waals surface area contributed by atoms with Crippen LogP contribution in [0.15, 0.2) is 60.7 Å². The molecule has 8 heteroatoms. The van der Waals surface area contributed by atoms with Crippen LogP contribution < -0.4 is 14.6 Å². The molecule has 0 saturated carbocycles. The van der Waals surface area contributed by atoms with Crippen LogP contribution in [-0.4, -0.2) is 0 Å². The van der Waals surface area contributed by atoms with Crippen molar-refractivity contribution in [2.75, 3.05) is 0 Å². The van der Waals surface area contributed by atoms with E-state index in [0.29, 0.717) is 11.5 Å². The minimum atomic E-state index is -3.64. The van der Waals surface area contributed by atoms with Gasteiger partial charge in [0, 0.05) is 0 Å². The van der Waals surface area contributed by atoms with E-state index in [1.54, 1.807) is 48.5 Å². The molecule has 0 saturated heterocycles. The molecule has 2 N–H and O–H groups in total. The Morgan fingerprint density at radius 1 is 0.850 bits per heavy atom. The number of hydrogen-bond acceptors (Lipinski definition) is 3. The Morgan fingerprint density at radius 2 is 1.15 bits per heavy atom. The molecule has 7 nitrogen and oxygen atoms in total. The Balaban J connectivity index is 0.000000612. The van der Waals surface area contributed by atoms with Crippen LogP contribution in [0.1, 0.15) is 0 Å². The number of hydrogen-bond donors (Lipinski definition) is 1. The Bertz CT molecular complexity index is 555. The molecule has 0 aromatic heterocycles. The molecular formula is C12H12N4O3P-. The summed E-state index contributed by atoms with van der Waals surface area (Å²) >= 11 is 0. The molecule has 0 aliphatic heterocycles. The van der Waals surface area contributed by atoms with Crippen LogP contribution in [0.3, 0.4) is 0 Å². The Hall–Kier alpha value is -2.46. The summed E-state index contributed by atoms with van der Waals surface area (Å²) in [7, 11) is -3.64. The molecule has 0 aliphatic rings. The molecule has 2 rings (SSSR count). The number of benzene rings is 2. The van der Waals surface area contributed by atoms with Crippen molar-refractivity contribution in [1.29, 1.82) is 0 Å². The van der Waals surface area contributed by atoms with Gasteiger partial charge >= 0.3 is 7.75 Å². The van der Waals surface area contributed by atoms with Gasteiger partial charge < -0.3 is 20.1 Å². The van der Waals surface area contributed by atoms with E-state index in [4.69, 9.17) is 25.6 Å². The zero-order valence-corrected chi connectivity index (χ0v) is 11.3. The third kappa shape index (κ3) is 5.93. The highest BCUT2D eigenvalue weighted by atomic mass is 31.2. The van der Waals surface area contributed by atoms with E-state index >= 15 is 0 Å². The summed E-state index contributed by atoms with van der Waals surface area (Å²) in [5.74, 6) is 0.823. The predicted molar refractivity (Wildman–Crippen MR) is 76.0 cm³/mol. The monoisotopic (exact) mass is 291 g/mol. The summed E-state index contributed by atoms with van der Waals surface area (Å²) in [6.45, 7) is 0. The largest absolute Gasteiger partial charge is 0.510 e. The minimum absolute atomic E-state index is 0.411. The standard InChI is InChI=1S/C12H12NO3P.N3/c13-17(14,15-11-7-3-1-4-8-11)16-12-9-5-2-6-10-12;1-3-2/h1-10H,(H2,13,14);/q;-1. The normalized spacial score (nSPS) is 9.65. The summed E-state index contributed by atoms with van der Waals surface area (Å²) in [5, 5.41) is 0. The molecule has 0 unspecified atom stereocenters. The second kappa shape index (κ2) is 7.86. The first kappa shape index (κ1) is 15.6. The Labute approximate surface area is 116 Å². The maximum Gasteiger partial charge on any atom is 0.510 e. The van der Waals surface area contributed by atoms with Gasteiger partial charge in [-0.2, -0.15) is 0 Å². The van der Waals surface area contributed by atoms with Crippen LogP contribution in [0.25, 0.3) is 16.0 Å². The number of nitrogens with two attached hydrogens (primary N) is 1. The van der Waals surface area contributed by atoms with Crippen LogP contribution in [-0.2, 0) is 4.57 Å². The SMILES string of the molecule is NP(=O)(Oc1ccccc1)Oc1ccccc1.[N-]=[N+]=[N-]. The summed E-state index contributed by atoms with van der Waals surface area (Å²) in [6, 6.07) is 17.3. The van der Waals surface area contributed by atoms with Crippen molar-refractivity contribution in [3.8, 4) is 11.5 Å². The van der Waals surface area contributed by atoms with Gasteiger partial charge in [-0.25, -0.2) is 10.1 Å². The lowest BCUT2D eigenvalue weighted by Crippen LogP contribution is -2.08. The summed E-state index contributed by atoms with van der Waals surface area (Å²) in [4.78, 5) is 1.50. The lowest BCUT2D eigenvalue weighted by molar-refractivity contribution is 0.387. The number of para-hydroxylation sites is 2. The molecule has 0 radical (unpaired) electrons. The van der Waals surface area contributed by atoms with Crippen LogP contribution in [0.4, 0.5) is 0 Å². The predicted octanol–water partition coefficient (Wildman–Crippen LogP) is 4.08. The fourth-order valence-electron chi connectivity index (χ4n) is 1.28. The topological polar surface area (TPSA) is 120 Å². The molecule has 20 heavy (non-hydrogen) atoms. The van der Waals surface area contributed by atoms with Gasteiger partial charge in [0.2, 0.25) is 0 Å². The molecule has 2 aromatic rings. The Morgan fingerprint density at radius 3 is 1.45 bits per heavy atom. The lowest BCUT2D eigenvalue weighted by atomic mass is 10.3. The van der Waals surface area contributed by atoms with Crippen molar-refractivity contribution < 1.29 is 13.6 Å². The van der Waals surface area contributed by atoms with E-state index < -0.39 is 7.75 Å². The van der Waals surface area contributed by atoms with E-state index in [0.717, 1.165) is 0 Å². The molecule has 0 bridgehead atoms. The van der Waals surface area contributed by atoms with Gasteiger partial charge in [-0.3, -0.25) is 4.91 Å². The van der Waals surface area contributed by atoms with Crippen molar-refractivity contribution in [3.05, 3.63) is 76.6 Å². The van der Waals surface area contributed by atoms with Crippen molar-refractivity contribution in [3.63, 3.8) is 0 Å². The molecule has 104 valence electrons. The summed E-state index contributed by atoms with van der Waals surface area (Å²) in [5.41, 5.74) is 19.0. The first-order valence-corrected chi connectivity index (χ1v) is 7.05. The summed E-state index contributed by atoms with van der Waals surface area (Å²) < 4.78 is 22.1. The van der Waals surface area contributed by atoms with E-state index in [1.165, 1.54) is 4.91 Å². The van der Waals surface area contributed by atoms with Gasteiger partial charge in [-0.15, -0.1) is 0 Å². The van der Waals surface area contributed by atoms with Crippen LogP contribution >= 0.6 is 7.75 Å². The third-order valence-corrected chi connectivity index (χ3v) is 2.88. The van der Waals surface area contributed by atoms with E-state index in [9.17, 15) is 4.57 Å². The molecule has 0 atom stereocenters. The van der Waals surface area contributed by atoms with Crippen LogP contribution in [0.5, 0.6) is 11.5 Å². The first-order chi connectivity index (χ1) is 9.57. The highest BCUT2D eigenvalue weighted by Crippen LogP contribution is 2.40. The minimum Gasteiger partial charge on any atom is -0.405 e. The van der Waals surface area contributed by atoms with Gasteiger partial charge in [0.1, 0.15) is 11.5 Å².